The zero-order valence-corrected chi connectivity index (χ0v) is 7.95. The predicted octanol–water partition coefficient (Wildman–Crippen LogP) is 0.437. The summed E-state index contributed by atoms with van der Waals surface area (Å²) in [4.78, 5) is 13.1. The fourth-order valence-corrected chi connectivity index (χ4v) is 2.22. The molecule has 0 saturated carbocycles. The molecular weight excluding hydrogens is 168 g/mol. The maximum atomic E-state index is 11.3. The lowest BCUT2D eigenvalue weighted by Crippen LogP contribution is -2.39. The maximum Gasteiger partial charge on any atom is 0.410 e. The number of likely N-dealkylation sites (N-methyl/N-ethyl adjacent to an activating group) is 1. The molecule has 4 nitrogen and oxygen atoms in total. The fourth-order valence-electron chi connectivity index (χ4n) is 2.22. The third-order valence-electron chi connectivity index (χ3n) is 3.00. The van der Waals surface area contributed by atoms with Gasteiger partial charge >= 0.3 is 6.09 Å². The van der Waals surface area contributed by atoms with Gasteiger partial charge in [0.2, 0.25) is 0 Å². The molecule has 2 unspecified atom stereocenters. The number of nitrogens with zero attached hydrogens (tertiary/aromatic N) is 1. The van der Waals surface area contributed by atoms with Crippen LogP contribution in [-0.2, 0) is 4.74 Å². The molecule has 2 atom stereocenters. The summed E-state index contributed by atoms with van der Waals surface area (Å²) in [5.41, 5.74) is 0. The zero-order chi connectivity index (χ0) is 9.26. The first-order valence-electron chi connectivity index (χ1n) is 4.97. The first-order chi connectivity index (χ1) is 6.33. The van der Waals surface area contributed by atoms with Crippen LogP contribution in [0.15, 0.2) is 0 Å². The lowest BCUT2D eigenvalue weighted by Gasteiger charge is -2.24. The van der Waals surface area contributed by atoms with Crippen LogP contribution in [0.25, 0.3) is 0 Å². The van der Waals surface area contributed by atoms with E-state index in [4.69, 9.17) is 4.74 Å². The number of nitrogens with one attached hydrogen (secondary N) is 1. The highest BCUT2D eigenvalue weighted by Gasteiger charge is 2.38. The van der Waals surface area contributed by atoms with Gasteiger partial charge < -0.3 is 15.0 Å². The fraction of sp³-hybridized carbons (Fsp3) is 0.889. The lowest BCUT2D eigenvalue weighted by atomic mass is 9.99. The Morgan fingerprint density at radius 1 is 1.69 bits per heavy atom. The number of hydrogen-bond acceptors (Lipinski definition) is 3. The predicted molar refractivity (Wildman–Crippen MR) is 48.5 cm³/mol. The molecule has 74 valence electrons. The highest BCUT2D eigenvalue weighted by Crippen LogP contribution is 2.23. The molecular formula is C9H16N2O2. The highest BCUT2D eigenvalue weighted by atomic mass is 16.6. The van der Waals surface area contributed by atoms with E-state index in [-0.39, 0.29) is 6.09 Å². The standard InChI is InChI=1S/C9H16N2O2/c1-2-11-8(6-13-9(11)12)7-3-4-10-5-7/h7-8,10H,2-6H2,1H3. The van der Waals surface area contributed by atoms with Crippen molar-refractivity contribution < 1.29 is 9.53 Å². The summed E-state index contributed by atoms with van der Waals surface area (Å²) in [5, 5.41) is 3.32. The molecule has 0 radical (unpaired) electrons. The molecule has 2 rings (SSSR count). The minimum absolute atomic E-state index is 0.139. The monoisotopic (exact) mass is 184 g/mol. The van der Waals surface area contributed by atoms with Crippen LogP contribution in [0.3, 0.4) is 0 Å². The van der Waals surface area contributed by atoms with Gasteiger partial charge in [-0.15, -0.1) is 0 Å². The van der Waals surface area contributed by atoms with Crippen molar-refractivity contribution >= 4 is 6.09 Å². The average molecular weight is 184 g/mol. The Hall–Kier alpha value is -0.770. The summed E-state index contributed by atoms with van der Waals surface area (Å²) >= 11 is 0. The van der Waals surface area contributed by atoms with Crippen molar-refractivity contribution in [2.75, 3.05) is 26.2 Å². The van der Waals surface area contributed by atoms with Crippen molar-refractivity contribution in [2.45, 2.75) is 19.4 Å². The van der Waals surface area contributed by atoms with E-state index in [1.807, 2.05) is 11.8 Å². The summed E-state index contributed by atoms with van der Waals surface area (Å²) in [6.45, 7) is 5.45. The Morgan fingerprint density at radius 3 is 3.15 bits per heavy atom. The molecule has 1 N–H and O–H groups in total. The minimum atomic E-state index is -0.139. The van der Waals surface area contributed by atoms with Gasteiger partial charge in [0.1, 0.15) is 6.61 Å². The number of ether oxygens (including phenoxy) is 1. The summed E-state index contributed by atoms with van der Waals surface area (Å²) in [7, 11) is 0. The average Bonchev–Trinajstić information content (AvgIpc) is 2.71. The summed E-state index contributed by atoms with van der Waals surface area (Å²) in [5.74, 6) is 0.589. The quantitative estimate of drug-likeness (QED) is 0.677. The van der Waals surface area contributed by atoms with Crippen LogP contribution >= 0.6 is 0 Å². The van der Waals surface area contributed by atoms with Crippen molar-refractivity contribution in [3.8, 4) is 0 Å². The molecule has 0 spiro atoms. The van der Waals surface area contributed by atoms with E-state index < -0.39 is 0 Å². The summed E-state index contributed by atoms with van der Waals surface area (Å²) in [6.07, 6.45) is 1.03. The van der Waals surface area contributed by atoms with Gasteiger partial charge in [-0.25, -0.2) is 4.79 Å². The Labute approximate surface area is 78.2 Å². The van der Waals surface area contributed by atoms with Gasteiger partial charge in [0.25, 0.3) is 0 Å². The molecule has 0 bridgehead atoms. The Kier molecular flexibility index (Phi) is 2.40. The van der Waals surface area contributed by atoms with Gasteiger partial charge in [-0.1, -0.05) is 0 Å². The molecule has 2 aliphatic rings. The number of carbonyl (C=O) groups is 1. The second-order valence-corrected chi connectivity index (χ2v) is 3.68. The molecule has 2 fully saturated rings. The third-order valence-corrected chi connectivity index (χ3v) is 3.00. The number of rotatable bonds is 2. The van der Waals surface area contributed by atoms with Gasteiger partial charge in [-0.2, -0.15) is 0 Å². The normalized spacial score (nSPS) is 33.9. The number of carbonyl (C=O) groups excluding carboxylic acids is 1. The highest BCUT2D eigenvalue weighted by molar-refractivity contribution is 5.70. The third kappa shape index (κ3) is 1.50. The van der Waals surface area contributed by atoms with Crippen LogP contribution < -0.4 is 5.32 Å². The van der Waals surface area contributed by atoms with Gasteiger partial charge in [0.05, 0.1) is 6.04 Å². The molecule has 0 aromatic heterocycles. The molecule has 0 aliphatic carbocycles. The Bertz CT molecular complexity index is 202. The number of cyclic esters (lactones) is 1. The van der Waals surface area contributed by atoms with Gasteiger partial charge in [-0.05, 0) is 25.8 Å². The van der Waals surface area contributed by atoms with Crippen LogP contribution in [0, 0.1) is 5.92 Å². The second-order valence-electron chi connectivity index (χ2n) is 3.68. The minimum Gasteiger partial charge on any atom is -0.447 e. The molecule has 2 heterocycles. The molecule has 13 heavy (non-hydrogen) atoms. The van der Waals surface area contributed by atoms with Crippen LogP contribution in [0.5, 0.6) is 0 Å². The van der Waals surface area contributed by atoms with Gasteiger partial charge in [-0.3, -0.25) is 0 Å². The van der Waals surface area contributed by atoms with E-state index in [0.29, 0.717) is 18.6 Å². The van der Waals surface area contributed by atoms with E-state index in [1.54, 1.807) is 0 Å². The van der Waals surface area contributed by atoms with E-state index in [2.05, 4.69) is 5.32 Å². The molecule has 1 amide bonds. The number of amides is 1. The molecule has 0 aromatic carbocycles. The van der Waals surface area contributed by atoms with Crippen molar-refractivity contribution in [1.29, 1.82) is 0 Å². The largest absolute Gasteiger partial charge is 0.447 e. The number of hydrogen-bond donors (Lipinski definition) is 1. The smallest absolute Gasteiger partial charge is 0.410 e. The second kappa shape index (κ2) is 3.54. The summed E-state index contributed by atoms with van der Waals surface area (Å²) < 4.78 is 5.04. The molecule has 2 aliphatic heterocycles. The Morgan fingerprint density at radius 2 is 2.54 bits per heavy atom. The van der Waals surface area contributed by atoms with Crippen LogP contribution in [0.4, 0.5) is 4.79 Å². The van der Waals surface area contributed by atoms with Crippen molar-refractivity contribution in [1.82, 2.24) is 10.2 Å². The first-order valence-corrected chi connectivity index (χ1v) is 4.97. The first kappa shape index (κ1) is 8.81. The van der Waals surface area contributed by atoms with Gasteiger partial charge in [0, 0.05) is 13.1 Å². The van der Waals surface area contributed by atoms with Crippen LogP contribution in [-0.4, -0.2) is 43.3 Å². The van der Waals surface area contributed by atoms with Crippen molar-refractivity contribution in [3.05, 3.63) is 0 Å². The van der Waals surface area contributed by atoms with Crippen LogP contribution in [0.2, 0.25) is 0 Å². The summed E-state index contributed by atoms with van der Waals surface area (Å²) in [6, 6.07) is 0.312. The van der Waals surface area contributed by atoms with Gasteiger partial charge in [0.15, 0.2) is 0 Å². The topological polar surface area (TPSA) is 41.6 Å². The Balaban J connectivity index is 2.01. The maximum absolute atomic E-state index is 11.3. The van der Waals surface area contributed by atoms with Crippen molar-refractivity contribution in [3.63, 3.8) is 0 Å². The SMILES string of the molecule is CCN1C(=O)OCC1C1CCNC1. The molecule has 0 aromatic rings. The molecule has 2 saturated heterocycles. The lowest BCUT2D eigenvalue weighted by molar-refractivity contribution is 0.158. The van der Waals surface area contributed by atoms with E-state index >= 15 is 0 Å². The van der Waals surface area contributed by atoms with E-state index in [0.717, 1.165) is 26.1 Å². The van der Waals surface area contributed by atoms with Crippen LogP contribution in [0.1, 0.15) is 13.3 Å². The van der Waals surface area contributed by atoms with E-state index in [1.165, 1.54) is 0 Å². The molecule has 4 heteroatoms. The van der Waals surface area contributed by atoms with E-state index in [9.17, 15) is 4.79 Å². The van der Waals surface area contributed by atoms with Crippen molar-refractivity contribution in [2.24, 2.45) is 5.92 Å². The zero-order valence-electron chi connectivity index (χ0n) is 7.95.